The minimum atomic E-state index is -1.20. The summed E-state index contributed by atoms with van der Waals surface area (Å²) in [6, 6.07) is 10.8. The highest BCUT2D eigenvalue weighted by Gasteiger charge is 2.31. The van der Waals surface area contributed by atoms with Gasteiger partial charge in [-0.3, -0.25) is 19.3 Å². The zero-order valence-electron chi connectivity index (χ0n) is 29.0. The van der Waals surface area contributed by atoms with Gasteiger partial charge in [-0.25, -0.2) is 9.37 Å². The van der Waals surface area contributed by atoms with Gasteiger partial charge in [0.05, 0.1) is 12.5 Å². The molecule has 2 aliphatic rings. The number of halogens is 2. The van der Waals surface area contributed by atoms with Gasteiger partial charge in [0.15, 0.2) is 0 Å². The maximum Gasteiger partial charge on any atom is 0.305 e. The number of carboxylic acids is 1. The smallest absolute Gasteiger partial charge is 0.305 e. The molecule has 0 radical (unpaired) electrons. The van der Waals surface area contributed by atoms with E-state index in [1.165, 1.54) is 12.8 Å². The predicted molar refractivity (Wildman–Crippen MR) is 191 cm³/mol. The van der Waals surface area contributed by atoms with Crippen molar-refractivity contribution >= 4 is 35.2 Å². The summed E-state index contributed by atoms with van der Waals surface area (Å²) in [5, 5.41) is 16.0. The van der Waals surface area contributed by atoms with Crippen molar-refractivity contribution in [2.24, 2.45) is 5.92 Å². The Morgan fingerprint density at radius 3 is 2.35 bits per heavy atom. The molecule has 5 rings (SSSR count). The van der Waals surface area contributed by atoms with Crippen LogP contribution < -0.4 is 15.5 Å². The van der Waals surface area contributed by atoms with E-state index in [1.807, 2.05) is 45.9 Å². The fourth-order valence-corrected chi connectivity index (χ4v) is 7.21. The van der Waals surface area contributed by atoms with Crippen molar-refractivity contribution < 1.29 is 23.9 Å². The first-order valence-electron chi connectivity index (χ1n) is 17.2. The molecule has 0 unspecified atom stereocenters. The van der Waals surface area contributed by atoms with Crippen LogP contribution in [0.15, 0.2) is 42.5 Å². The van der Waals surface area contributed by atoms with E-state index in [9.17, 15) is 19.5 Å². The lowest BCUT2D eigenvalue weighted by molar-refractivity contribution is -0.137. The predicted octanol–water partition coefficient (Wildman–Crippen LogP) is 6.62. The van der Waals surface area contributed by atoms with Gasteiger partial charge in [-0.2, -0.15) is 0 Å². The maximum atomic E-state index is 15.8. The first-order chi connectivity index (χ1) is 23.3. The van der Waals surface area contributed by atoms with Gasteiger partial charge in [0, 0.05) is 42.8 Å². The largest absolute Gasteiger partial charge is 0.481 e. The molecule has 2 amide bonds. The van der Waals surface area contributed by atoms with Gasteiger partial charge < -0.3 is 20.6 Å². The minimum Gasteiger partial charge on any atom is -0.481 e. The van der Waals surface area contributed by atoms with Crippen LogP contribution in [0.2, 0.25) is 5.02 Å². The van der Waals surface area contributed by atoms with Crippen LogP contribution in [0.3, 0.4) is 0 Å². The summed E-state index contributed by atoms with van der Waals surface area (Å²) in [5.74, 6) is -2.18. The Balaban J connectivity index is 1.37. The fourth-order valence-electron chi connectivity index (χ4n) is 6.88. The quantitative estimate of drug-likeness (QED) is 0.196. The molecule has 2 heterocycles. The number of carbonyl (C=O) groups is 3. The molecule has 262 valence electrons. The Morgan fingerprint density at radius 1 is 0.980 bits per heavy atom. The zero-order chi connectivity index (χ0) is 35.4. The summed E-state index contributed by atoms with van der Waals surface area (Å²) in [6.45, 7) is 13.0. The number of aryl methyl sites for hydroxylation is 3. The third-order valence-electron chi connectivity index (χ3n) is 9.35. The molecule has 1 aliphatic carbocycles. The molecule has 1 aliphatic heterocycles. The second kappa shape index (κ2) is 15.7. The van der Waals surface area contributed by atoms with Gasteiger partial charge in [0.1, 0.15) is 23.4 Å². The van der Waals surface area contributed by atoms with Crippen LogP contribution in [-0.4, -0.2) is 71.0 Å². The molecule has 2 aromatic carbocycles. The number of aliphatic carboxylic acids is 1. The van der Waals surface area contributed by atoms with E-state index in [0.717, 1.165) is 49.3 Å². The molecular weight excluding hydrogens is 645 g/mol. The summed E-state index contributed by atoms with van der Waals surface area (Å²) >= 11 is 6.26. The van der Waals surface area contributed by atoms with Gasteiger partial charge in [0.2, 0.25) is 5.91 Å². The molecule has 1 saturated carbocycles. The molecule has 9 nitrogen and oxygen atoms in total. The summed E-state index contributed by atoms with van der Waals surface area (Å²) in [7, 11) is 0. The van der Waals surface area contributed by atoms with Gasteiger partial charge in [-0.15, -0.1) is 0 Å². The summed E-state index contributed by atoms with van der Waals surface area (Å²) in [4.78, 5) is 48.9. The average Bonchev–Trinajstić information content (AvgIpc) is 3.88. The average molecular weight is 692 g/mol. The van der Waals surface area contributed by atoms with Crippen molar-refractivity contribution in [2.45, 2.75) is 84.8 Å². The first kappa shape index (κ1) is 36.3. The van der Waals surface area contributed by atoms with Crippen LogP contribution in [0.5, 0.6) is 0 Å². The van der Waals surface area contributed by atoms with E-state index in [0.29, 0.717) is 28.0 Å². The molecule has 2 atom stereocenters. The van der Waals surface area contributed by atoms with Gasteiger partial charge in [-0.05, 0) is 117 Å². The zero-order valence-corrected chi connectivity index (χ0v) is 29.7. The van der Waals surface area contributed by atoms with Crippen molar-refractivity contribution in [2.75, 3.05) is 31.1 Å². The SMILES string of the molecule is Cc1cc(-c2c(C)cc(Cl)cc2C)cc([C@H](CC(=O)O)NC(=O)[C@H](CC(C)C)NC(=O)c2cccc(N3CCCN(C4CC4)CC3)n2)c1F. The van der Waals surface area contributed by atoms with E-state index in [2.05, 4.69) is 25.4 Å². The number of nitrogens with zero attached hydrogens (tertiary/aromatic N) is 3. The number of rotatable bonds is 12. The summed E-state index contributed by atoms with van der Waals surface area (Å²) < 4.78 is 15.8. The van der Waals surface area contributed by atoms with Gasteiger partial charge in [0.25, 0.3) is 5.91 Å². The number of pyridine rings is 1. The Labute approximate surface area is 293 Å². The van der Waals surface area contributed by atoms with Gasteiger partial charge in [-0.1, -0.05) is 31.5 Å². The van der Waals surface area contributed by atoms with Crippen LogP contribution in [0.1, 0.15) is 84.7 Å². The highest BCUT2D eigenvalue weighted by molar-refractivity contribution is 6.30. The van der Waals surface area contributed by atoms with E-state index in [4.69, 9.17) is 11.6 Å². The van der Waals surface area contributed by atoms with Crippen LogP contribution >= 0.6 is 11.6 Å². The molecule has 3 N–H and O–H groups in total. The molecule has 1 aromatic heterocycles. The van der Waals surface area contributed by atoms with Crippen LogP contribution in [0.4, 0.5) is 10.2 Å². The van der Waals surface area contributed by atoms with E-state index in [-0.39, 0.29) is 23.6 Å². The molecule has 0 bridgehead atoms. The third kappa shape index (κ3) is 9.16. The first-order valence-corrected chi connectivity index (χ1v) is 17.5. The number of benzene rings is 2. The normalized spacial score (nSPS) is 16.6. The van der Waals surface area contributed by atoms with Crippen molar-refractivity contribution in [3.63, 3.8) is 0 Å². The van der Waals surface area contributed by atoms with E-state index < -0.39 is 42.1 Å². The number of hydrogen-bond acceptors (Lipinski definition) is 6. The molecular formula is C38H47ClFN5O4. The standard InChI is InChI=1S/C38H47ClFN5O4/c1-22(2)16-32(43-37(48)30-8-6-9-33(41-30)45-13-7-12-44(14-15-45)28-10-11-28)38(49)42-31(21-34(46)47)29-20-26(17-25(5)36(29)40)35-23(3)18-27(39)19-24(35)4/h6,8-9,17-20,22,28,31-32H,7,10-16,21H2,1-5H3,(H,42,49)(H,43,48)(H,46,47)/t31-,32-/m0/s1. The van der Waals surface area contributed by atoms with Gasteiger partial charge >= 0.3 is 5.97 Å². The number of aromatic nitrogens is 1. The topological polar surface area (TPSA) is 115 Å². The van der Waals surface area contributed by atoms with Crippen molar-refractivity contribution in [1.29, 1.82) is 0 Å². The Kier molecular flexibility index (Phi) is 11.6. The Bertz CT molecular complexity index is 1690. The minimum absolute atomic E-state index is 0.0120. The van der Waals surface area contributed by atoms with Crippen molar-refractivity contribution in [3.05, 3.63) is 81.3 Å². The molecule has 2 fully saturated rings. The van der Waals surface area contributed by atoms with Crippen LogP contribution in [-0.2, 0) is 9.59 Å². The van der Waals surface area contributed by atoms with Crippen molar-refractivity contribution in [1.82, 2.24) is 20.5 Å². The second-order valence-electron chi connectivity index (χ2n) is 13.9. The molecule has 0 spiro atoms. The third-order valence-corrected chi connectivity index (χ3v) is 9.57. The maximum absolute atomic E-state index is 15.8. The number of carbonyl (C=O) groups excluding carboxylic acids is 2. The van der Waals surface area contributed by atoms with Crippen LogP contribution in [0.25, 0.3) is 11.1 Å². The highest BCUT2D eigenvalue weighted by Crippen LogP contribution is 2.35. The lowest BCUT2D eigenvalue weighted by atomic mass is 9.90. The number of amides is 2. The summed E-state index contributed by atoms with van der Waals surface area (Å²) in [6.07, 6.45) is 3.28. The molecule has 3 aromatic rings. The number of anilines is 1. The number of hydrogen-bond donors (Lipinski definition) is 3. The lowest BCUT2D eigenvalue weighted by Crippen LogP contribution is -2.48. The van der Waals surface area contributed by atoms with Crippen molar-refractivity contribution in [3.8, 4) is 11.1 Å². The number of carboxylic acid groups (broad SMARTS) is 1. The molecule has 49 heavy (non-hydrogen) atoms. The van der Waals surface area contributed by atoms with E-state index in [1.54, 1.807) is 31.2 Å². The van der Waals surface area contributed by atoms with Crippen LogP contribution in [0, 0.1) is 32.5 Å². The fraction of sp³-hybridized carbons (Fsp3) is 0.474. The second-order valence-corrected chi connectivity index (χ2v) is 14.4. The number of nitrogens with one attached hydrogen (secondary N) is 2. The lowest BCUT2D eigenvalue weighted by Gasteiger charge is -2.26. The highest BCUT2D eigenvalue weighted by atomic mass is 35.5. The molecule has 11 heteroatoms. The summed E-state index contributed by atoms with van der Waals surface area (Å²) in [5.41, 5.74) is 3.87. The van der Waals surface area contributed by atoms with E-state index >= 15 is 4.39 Å². The molecule has 1 saturated heterocycles. The Hall–Kier alpha value is -4.02. The Morgan fingerprint density at radius 2 is 1.69 bits per heavy atom. The monoisotopic (exact) mass is 691 g/mol.